The van der Waals surface area contributed by atoms with Crippen LogP contribution in [0.25, 0.3) is 0 Å². The third kappa shape index (κ3) is 5.39. The molecule has 0 aliphatic carbocycles. The second-order valence-corrected chi connectivity index (χ2v) is 4.85. The van der Waals surface area contributed by atoms with Crippen LogP contribution in [-0.4, -0.2) is 50.3 Å². The predicted octanol–water partition coefficient (Wildman–Crippen LogP) is 0.234. The van der Waals surface area contributed by atoms with Gasteiger partial charge in [-0.1, -0.05) is 0 Å². The number of amides is 1. The molecule has 2 N–H and O–H groups in total. The van der Waals surface area contributed by atoms with E-state index < -0.39 is 0 Å². The molecule has 1 amide bonds. The van der Waals surface area contributed by atoms with Crippen molar-refractivity contribution in [1.29, 1.82) is 0 Å². The Morgan fingerprint density at radius 3 is 3.00 bits per heavy atom. The number of carbonyl (C=O) groups is 1. The summed E-state index contributed by atoms with van der Waals surface area (Å²) in [5.41, 5.74) is 0. The van der Waals surface area contributed by atoms with Crippen LogP contribution in [0.2, 0.25) is 0 Å². The van der Waals surface area contributed by atoms with Crippen LogP contribution in [0.5, 0.6) is 0 Å². The first-order valence-electron chi connectivity index (χ1n) is 5.43. The Kier molecular flexibility index (Phi) is 6.80. The fourth-order valence-corrected chi connectivity index (χ4v) is 2.66. The lowest BCUT2D eigenvalue weighted by atomic mass is 10.2. The van der Waals surface area contributed by atoms with Crippen molar-refractivity contribution in [3.8, 4) is 0 Å². The Morgan fingerprint density at radius 2 is 2.33 bits per heavy atom. The maximum atomic E-state index is 11.5. The van der Waals surface area contributed by atoms with Crippen LogP contribution < -0.4 is 10.6 Å². The zero-order valence-corrected chi connectivity index (χ0v) is 10.1. The molecule has 1 aliphatic rings. The van der Waals surface area contributed by atoms with Crippen molar-refractivity contribution in [2.24, 2.45) is 0 Å². The fraction of sp³-hybridized carbons (Fsp3) is 0.900. The first-order chi connectivity index (χ1) is 7.34. The molecular weight excluding hydrogens is 212 g/mol. The molecule has 5 heteroatoms. The number of ether oxygens (including phenoxy) is 1. The first-order valence-corrected chi connectivity index (χ1v) is 6.48. The lowest BCUT2D eigenvalue weighted by molar-refractivity contribution is -0.120. The highest BCUT2D eigenvalue weighted by Crippen LogP contribution is 2.25. The van der Waals surface area contributed by atoms with Gasteiger partial charge in [0.25, 0.3) is 0 Å². The number of thioether (sulfide) groups is 1. The molecule has 0 radical (unpaired) electrons. The van der Waals surface area contributed by atoms with Crippen LogP contribution in [0.4, 0.5) is 0 Å². The van der Waals surface area contributed by atoms with E-state index in [0.29, 0.717) is 13.2 Å². The molecule has 0 aromatic heterocycles. The maximum Gasteiger partial charge on any atom is 0.233 e. The molecular formula is C10H20N2O2S. The normalized spacial score (nSPS) is 20.5. The van der Waals surface area contributed by atoms with E-state index in [4.69, 9.17) is 4.74 Å². The summed E-state index contributed by atoms with van der Waals surface area (Å²) < 4.78 is 4.90. The van der Waals surface area contributed by atoms with Crippen LogP contribution in [0, 0.1) is 0 Å². The van der Waals surface area contributed by atoms with Crippen LogP contribution in [-0.2, 0) is 9.53 Å². The molecule has 0 spiro atoms. The summed E-state index contributed by atoms with van der Waals surface area (Å²) in [4.78, 5) is 11.5. The number of hydrogen-bond acceptors (Lipinski definition) is 4. The highest BCUT2D eigenvalue weighted by molar-refractivity contribution is 8.00. The summed E-state index contributed by atoms with van der Waals surface area (Å²) >= 11 is 1.77. The van der Waals surface area contributed by atoms with Gasteiger partial charge in [-0.3, -0.25) is 4.79 Å². The molecule has 1 unspecified atom stereocenters. The zero-order chi connectivity index (χ0) is 10.9. The van der Waals surface area contributed by atoms with Gasteiger partial charge in [0, 0.05) is 26.7 Å². The number of nitrogens with one attached hydrogen (secondary N) is 2. The summed E-state index contributed by atoms with van der Waals surface area (Å²) in [6.07, 6.45) is 2.21. The molecule has 1 fully saturated rings. The average molecular weight is 232 g/mol. The van der Waals surface area contributed by atoms with Crippen LogP contribution in [0.3, 0.4) is 0 Å². The Morgan fingerprint density at radius 1 is 1.47 bits per heavy atom. The minimum atomic E-state index is 0.198. The second-order valence-electron chi connectivity index (χ2n) is 3.54. The first kappa shape index (κ1) is 12.8. The fourth-order valence-electron chi connectivity index (χ4n) is 1.47. The molecule has 0 aromatic carbocycles. The van der Waals surface area contributed by atoms with Gasteiger partial charge in [0.05, 0.1) is 11.9 Å². The minimum Gasteiger partial charge on any atom is -0.383 e. The van der Waals surface area contributed by atoms with E-state index >= 15 is 0 Å². The van der Waals surface area contributed by atoms with Crippen molar-refractivity contribution >= 4 is 17.7 Å². The van der Waals surface area contributed by atoms with Crippen molar-refractivity contribution < 1.29 is 9.53 Å². The van der Waals surface area contributed by atoms with Gasteiger partial charge in [0.1, 0.15) is 0 Å². The minimum absolute atomic E-state index is 0.198. The highest BCUT2D eigenvalue weighted by atomic mass is 32.2. The summed E-state index contributed by atoms with van der Waals surface area (Å²) in [5.74, 6) is 1.33. The summed E-state index contributed by atoms with van der Waals surface area (Å²) in [6.45, 7) is 3.07. The Labute approximate surface area is 95.5 Å². The van der Waals surface area contributed by atoms with Gasteiger partial charge < -0.3 is 15.4 Å². The highest BCUT2D eigenvalue weighted by Gasteiger charge is 2.22. The third-order valence-electron chi connectivity index (χ3n) is 2.31. The van der Waals surface area contributed by atoms with Crippen LogP contribution >= 0.6 is 11.8 Å². The monoisotopic (exact) mass is 232 g/mol. The molecule has 0 saturated carbocycles. The second kappa shape index (κ2) is 7.96. The van der Waals surface area contributed by atoms with E-state index in [1.807, 2.05) is 0 Å². The molecule has 4 nitrogen and oxygen atoms in total. The molecule has 1 heterocycles. The van der Waals surface area contributed by atoms with E-state index in [1.165, 1.54) is 6.42 Å². The van der Waals surface area contributed by atoms with Crippen molar-refractivity contribution in [3.05, 3.63) is 0 Å². The van der Waals surface area contributed by atoms with E-state index in [2.05, 4.69) is 10.6 Å². The smallest absolute Gasteiger partial charge is 0.233 e. The number of hydrogen-bond donors (Lipinski definition) is 2. The Bertz CT molecular complexity index is 184. The molecule has 1 rings (SSSR count). The van der Waals surface area contributed by atoms with E-state index in [0.717, 1.165) is 25.3 Å². The van der Waals surface area contributed by atoms with Gasteiger partial charge in [-0.15, -0.1) is 11.8 Å². The quantitative estimate of drug-likeness (QED) is 0.617. The van der Waals surface area contributed by atoms with Gasteiger partial charge in [-0.05, 0) is 18.6 Å². The van der Waals surface area contributed by atoms with E-state index in [-0.39, 0.29) is 11.2 Å². The van der Waals surface area contributed by atoms with Crippen molar-refractivity contribution in [1.82, 2.24) is 10.6 Å². The number of rotatable bonds is 7. The summed E-state index contributed by atoms with van der Waals surface area (Å²) in [5, 5.41) is 6.32. The van der Waals surface area contributed by atoms with Crippen molar-refractivity contribution in [3.63, 3.8) is 0 Å². The average Bonchev–Trinajstić information content (AvgIpc) is 2.76. The molecule has 1 aliphatic heterocycles. The molecule has 0 aromatic rings. The van der Waals surface area contributed by atoms with E-state index in [9.17, 15) is 4.79 Å². The van der Waals surface area contributed by atoms with Crippen LogP contribution in [0.1, 0.15) is 12.8 Å². The molecule has 88 valence electrons. The molecule has 1 saturated heterocycles. The summed E-state index contributed by atoms with van der Waals surface area (Å²) in [6, 6.07) is 0. The molecule has 1 atom stereocenters. The summed E-state index contributed by atoms with van der Waals surface area (Å²) in [7, 11) is 1.68. The number of methoxy groups -OCH3 is 1. The van der Waals surface area contributed by atoms with Crippen LogP contribution in [0.15, 0.2) is 0 Å². The SMILES string of the molecule is COCCNCCNC(=O)C1CCCS1. The van der Waals surface area contributed by atoms with Gasteiger partial charge in [0.2, 0.25) is 5.91 Å². The van der Waals surface area contributed by atoms with Crippen molar-refractivity contribution in [2.45, 2.75) is 18.1 Å². The Hall–Kier alpha value is -0.260. The standard InChI is InChI=1S/C10H20N2O2S/c1-14-7-6-11-4-5-12-10(13)9-3-2-8-15-9/h9,11H,2-8H2,1H3,(H,12,13). The molecule has 0 bridgehead atoms. The lowest BCUT2D eigenvalue weighted by Gasteiger charge is -2.10. The number of carbonyl (C=O) groups excluding carboxylic acids is 1. The third-order valence-corrected chi connectivity index (χ3v) is 3.68. The Balaban J connectivity index is 1.92. The maximum absolute atomic E-state index is 11.5. The molecule has 15 heavy (non-hydrogen) atoms. The largest absolute Gasteiger partial charge is 0.383 e. The van der Waals surface area contributed by atoms with Gasteiger partial charge in [-0.25, -0.2) is 0 Å². The lowest BCUT2D eigenvalue weighted by Crippen LogP contribution is -2.37. The van der Waals surface area contributed by atoms with Crippen molar-refractivity contribution in [2.75, 3.05) is 39.1 Å². The predicted molar refractivity (Wildman–Crippen MR) is 63.2 cm³/mol. The van der Waals surface area contributed by atoms with E-state index in [1.54, 1.807) is 18.9 Å². The van der Waals surface area contributed by atoms with Gasteiger partial charge >= 0.3 is 0 Å². The van der Waals surface area contributed by atoms with Gasteiger partial charge in [0.15, 0.2) is 0 Å². The topological polar surface area (TPSA) is 50.4 Å². The van der Waals surface area contributed by atoms with Gasteiger partial charge in [-0.2, -0.15) is 0 Å². The zero-order valence-electron chi connectivity index (χ0n) is 9.25.